The summed E-state index contributed by atoms with van der Waals surface area (Å²) in [4.78, 5) is 17.7. The largest absolute Gasteiger partial charge is 0.497 e. The molecular weight excluding hydrogens is 366 g/mol. The van der Waals surface area contributed by atoms with Crippen LogP contribution in [0.15, 0.2) is 42.5 Å². The molecule has 2 heterocycles. The third-order valence-electron chi connectivity index (χ3n) is 6.04. The lowest BCUT2D eigenvalue weighted by molar-refractivity contribution is -0.125. The van der Waals surface area contributed by atoms with E-state index in [-0.39, 0.29) is 17.9 Å². The van der Waals surface area contributed by atoms with Crippen LogP contribution in [0.25, 0.3) is 0 Å². The summed E-state index contributed by atoms with van der Waals surface area (Å²) in [6.45, 7) is 5.11. The molecule has 2 aliphatic rings. The van der Waals surface area contributed by atoms with E-state index in [1.807, 2.05) is 31.2 Å². The molecule has 1 fully saturated rings. The Labute approximate surface area is 172 Å². The smallest absolute Gasteiger partial charge is 0.225 e. The Morgan fingerprint density at radius 1 is 1.10 bits per heavy atom. The Hall–Kier alpha value is -2.89. The molecule has 0 aromatic heterocycles. The minimum atomic E-state index is -0.0895. The number of amides is 1. The van der Waals surface area contributed by atoms with E-state index in [1.165, 1.54) is 11.3 Å². The highest BCUT2D eigenvalue weighted by Crippen LogP contribution is 2.40. The molecule has 2 aromatic carbocycles. The van der Waals surface area contributed by atoms with Crippen LogP contribution in [0.4, 0.5) is 11.4 Å². The van der Waals surface area contributed by atoms with E-state index < -0.39 is 0 Å². The molecule has 0 bridgehead atoms. The van der Waals surface area contributed by atoms with E-state index in [0.717, 1.165) is 43.2 Å². The van der Waals surface area contributed by atoms with Crippen molar-refractivity contribution in [1.82, 2.24) is 5.32 Å². The molecule has 0 aliphatic carbocycles. The second-order valence-corrected chi connectivity index (χ2v) is 7.58. The van der Waals surface area contributed by atoms with Gasteiger partial charge in [-0.3, -0.25) is 4.79 Å². The quantitative estimate of drug-likeness (QED) is 0.844. The maximum Gasteiger partial charge on any atom is 0.225 e. The van der Waals surface area contributed by atoms with Crippen molar-refractivity contribution in [1.29, 1.82) is 0 Å². The normalized spacial score (nSPS) is 20.5. The molecule has 154 valence electrons. The minimum absolute atomic E-state index is 0.0895. The summed E-state index contributed by atoms with van der Waals surface area (Å²) >= 11 is 0. The number of para-hydroxylation sites is 2. The molecular formula is C23H29N3O3. The summed E-state index contributed by atoms with van der Waals surface area (Å²) in [6.07, 6.45) is 0.742. The van der Waals surface area contributed by atoms with Crippen molar-refractivity contribution >= 4 is 17.3 Å². The van der Waals surface area contributed by atoms with Gasteiger partial charge in [-0.05, 0) is 37.1 Å². The second kappa shape index (κ2) is 8.23. The number of fused-ring (bicyclic) bond motifs is 3. The topological polar surface area (TPSA) is 54.0 Å². The molecule has 4 rings (SSSR count). The van der Waals surface area contributed by atoms with Crippen LogP contribution in [0.3, 0.4) is 0 Å². The third kappa shape index (κ3) is 3.59. The van der Waals surface area contributed by atoms with Crippen LogP contribution >= 0.6 is 0 Å². The van der Waals surface area contributed by atoms with Gasteiger partial charge in [0, 0.05) is 37.9 Å². The predicted octanol–water partition coefficient (Wildman–Crippen LogP) is 2.71. The van der Waals surface area contributed by atoms with E-state index in [9.17, 15) is 4.79 Å². The monoisotopic (exact) mass is 395 g/mol. The van der Waals surface area contributed by atoms with E-state index in [2.05, 4.69) is 33.3 Å². The highest BCUT2D eigenvalue weighted by molar-refractivity contribution is 5.82. The van der Waals surface area contributed by atoms with Gasteiger partial charge in [0.1, 0.15) is 11.5 Å². The SMILES string of the molecule is CCNC(=O)C1Cc2ccc(OC)cc2N2CCN(c3ccccc3OC)CC12. The number of carbonyl (C=O) groups is 1. The number of ether oxygens (including phenoxy) is 2. The van der Waals surface area contributed by atoms with Crippen LogP contribution < -0.4 is 24.6 Å². The van der Waals surface area contributed by atoms with Gasteiger partial charge in [-0.25, -0.2) is 0 Å². The van der Waals surface area contributed by atoms with Gasteiger partial charge in [0.05, 0.1) is 31.9 Å². The molecule has 2 aromatic rings. The maximum absolute atomic E-state index is 12.9. The molecule has 6 nitrogen and oxygen atoms in total. The van der Waals surface area contributed by atoms with Crippen molar-refractivity contribution in [2.24, 2.45) is 5.92 Å². The molecule has 29 heavy (non-hydrogen) atoms. The van der Waals surface area contributed by atoms with E-state index in [0.29, 0.717) is 6.54 Å². The molecule has 6 heteroatoms. The van der Waals surface area contributed by atoms with Gasteiger partial charge in [0.25, 0.3) is 0 Å². The average Bonchev–Trinajstić information content (AvgIpc) is 2.77. The fraction of sp³-hybridized carbons (Fsp3) is 0.435. The first-order chi connectivity index (χ1) is 14.2. The van der Waals surface area contributed by atoms with Crippen LogP contribution in [-0.4, -0.2) is 52.3 Å². The third-order valence-corrected chi connectivity index (χ3v) is 6.04. The molecule has 1 N–H and O–H groups in total. The van der Waals surface area contributed by atoms with Gasteiger partial charge in [0.15, 0.2) is 0 Å². The van der Waals surface area contributed by atoms with Crippen molar-refractivity contribution in [3.05, 3.63) is 48.0 Å². The number of benzene rings is 2. The van der Waals surface area contributed by atoms with Crippen molar-refractivity contribution in [3.8, 4) is 11.5 Å². The number of rotatable bonds is 5. The fourth-order valence-electron chi connectivity index (χ4n) is 4.62. The van der Waals surface area contributed by atoms with Crippen molar-refractivity contribution in [2.75, 3.05) is 50.2 Å². The molecule has 0 saturated carbocycles. The second-order valence-electron chi connectivity index (χ2n) is 7.58. The predicted molar refractivity (Wildman–Crippen MR) is 115 cm³/mol. The summed E-state index contributed by atoms with van der Waals surface area (Å²) in [6, 6.07) is 14.4. The summed E-state index contributed by atoms with van der Waals surface area (Å²) < 4.78 is 11.0. The van der Waals surface area contributed by atoms with Crippen molar-refractivity contribution < 1.29 is 14.3 Å². The number of anilines is 2. The number of piperazine rings is 1. The zero-order valence-corrected chi connectivity index (χ0v) is 17.4. The lowest BCUT2D eigenvalue weighted by atomic mass is 9.83. The first kappa shape index (κ1) is 19.4. The zero-order chi connectivity index (χ0) is 20.4. The molecule has 0 spiro atoms. The molecule has 2 aliphatic heterocycles. The Bertz CT molecular complexity index is 885. The van der Waals surface area contributed by atoms with Gasteiger partial charge in [-0.2, -0.15) is 0 Å². The van der Waals surface area contributed by atoms with Crippen molar-refractivity contribution in [3.63, 3.8) is 0 Å². The lowest BCUT2D eigenvalue weighted by Crippen LogP contribution is -2.61. The summed E-state index contributed by atoms with van der Waals surface area (Å²) in [5.74, 6) is 1.76. The van der Waals surface area contributed by atoms with Gasteiger partial charge in [-0.15, -0.1) is 0 Å². The van der Waals surface area contributed by atoms with Gasteiger partial charge >= 0.3 is 0 Å². The molecule has 1 saturated heterocycles. The first-order valence-electron chi connectivity index (χ1n) is 10.3. The Kier molecular flexibility index (Phi) is 5.51. The maximum atomic E-state index is 12.9. The van der Waals surface area contributed by atoms with Crippen LogP contribution in [0.5, 0.6) is 11.5 Å². The molecule has 2 unspecified atom stereocenters. The molecule has 0 radical (unpaired) electrons. The molecule has 2 atom stereocenters. The minimum Gasteiger partial charge on any atom is -0.497 e. The van der Waals surface area contributed by atoms with Crippen molar-refractivity contribution in [2.45, 2.75) is 19.4 Å². The Morgan fingerprint density at radius 2 is 1.93 bits per heavy atom. The Morgan fingerprint density at radius 3 is 2.69 bits per heavy atom. The first-order valence-corrected chi connectivity index (χ1v) is 10.3. The zero-order valence-electron chi connectivity index (χ0n) is 17.4. The van der Waals surface area contributed by atoms with Gasteiger partial charge in [0.2, 0.25) is 5.91 Å². The van der Waals surface area contributed by atoms with E-state index in [4.69, 9.17) is 9.47 Å². The number of hydrogen-bond acceptors (Lipinski definition) is 5. The average molecular weight is 396 g/mol. The number of hydrogen-bond donors (Lipinski definition) is 1. The van der Waals surface area contributed by atoms with E-state index in [1.54, 1.807) is 14.2 Å². The number of methoxy groups -OCH3 is 2. The fourth-order valence-corrected chi connectivity index (χ4v) is 4.62. The summed E-state index contributed by atoms with van der Waals surface area (Å²) in [5.41, 5.74) is 3.49. The standard InChI is InChI=1S/C23H29N3O3/c1-4-24-23(27)18-13-16-9-10-17(28-2)14-20(16)26-12-11-25(15-21(18)26)19-7-5-6-8-22(19)29-3/h5-10,14,18,21H,4,11-13,15H2,1-3H3,(H,24,27). The van der Waals surface area contributed by atoms with Crippen LogP contribution in [0.1, 0.15) is 12.5 Å². The summed E-state index contributed by atoms with van der Waals surface area (Å²) in [7, 11) is 3.40. The highest BCUT2D eigenvalue weighted by atomic mass is 16.5. The lowest BCUT2D eigenvalue weighted by Gasteiger charge is -2.49. The van der Waals surface area contributed by atoms with Crippen LogP contribution in [0.2, 0.25) is 0 Å². The molecule has 1 amide bonds. The van der Waals surface area contributed by atoms with Gasteiger partial charge in [-0.1, -0.05) is 18.2 Å². The number of nitrogens with one attached hydrogen (secondary N) is 1. The summed E-state index contributed by atoms with van der Waals surface area (Å²) in [5, 5.41) is 3.05. The van der Waals surface area contributed by atoms with E-state index >= 15 is 0 Å². The Balaban J connectivity index is 1.69. The van der Waals surface area contributed by atoms with Crippen LogP contribution in [0, 0.1) is 5.92 Å². The number of nitrogens with zero attached hydrogens (tertiary/aromatic N) is 2. The highest BCUT2D eigenvalue weighted by Gasteiger charge is 2.41. The van der Waals surface area contributed by atoms with Gasteiger partial charge < -0.3 is 24.6 Å². The van der Waals surface area contributed by atoms with Crippen LogP contribution in [-0.2, 0) is 11.2 Å². The number of carbonyl (C=O) groups excluding carboxylic acids is 1.